The second kappa shape index (κ2) is 8.24. The number of benzene rings is 1. The summed E-state index contributed by atoms with van der Waals surface area (Å²) in [5.41, 5.74) is 0.471. The Bertz CT molecular complexity index is 929. The number of halogens is 3. The largest absolute Gasteiger partial charge is 0.418 e. The first-order valence-electron chi connectivity index (χ1n) is 8.86. The second-order valence-corrected chi connectivity index (χ2v) is 6.33. The summed E-state index contributed by atoms with van der Waals surface area (Å²) >= 11 is 0. The van der Waals surface area contributed by atoms with Crippen molar-refractivity contribution in [2.45, 2.75) is 32.5 Å². The molecule has 0 spiro atoms. The summed E-state index contributed by atoms with van der Waals surface area (Å²) in [6, 6.07) is 10.6. The van der Waals surface area contributed by atoms with Crippen molar-refractivity contribution in [3.63, 3.8) is 0 Å². The summed E-state index contributed by atoms with van der Waals surface area (Å²) in [7, 11) is 0. The van der Waals surface area contributed by atoms with Crippen molar-refractivity contribution in [3.05, 3.63) is 60.4 Å². The lowest BCUT2D eigenvalue weighted by atomic mass is 10.1. The van der Waals surface area contributed by atoms with Gasteiger partial charge in [-0.1, -0.05) is 19.1 Å². The van der Waals surface area contributed by atoms with E-state index < -0.39 is 11.7 Å². The topological polar surface area (TPSA) is 62.7 Å². The molecule has 5 nitrogen and oxygen atoms in total. The molecule has 3 aromatic rings. The molecule has 8 heteroatoms. The molecule has 2 N–H and O–H groups in total. The van der Waals surface area contributed by atoms with Crippen LogP contribution in [-0.2, 0) is 6.18 Å². The van der Waals surface area contributed by atoms with E-state index in [9.17, 15) is 13.2 Å². The number of rotatable bonds is 6. The Kier molecular flexibility index (Phi) is 5.77. The highest BCUT2D eigenvalue weighted by Crippen LogP contribution is 2.36. The van der Waals surface area contributed by atoms with E-state index in [1.165, 1.54) is 12.1 Å². The number of pyridine rings is 1. The van der Waals surface area contributed by atoms with Gasteiger partial charge in [0, 0.05) is 30.1 Å². The maximum Gasteiger partial charge on any atom is 0.418 e. The predicted molar refractivity (Wildman–Crippen MR) is 103 cm³/mol. The monoisotopic (exact) mass is 387 g/mol. The minimum Gasteiger partial charge on any atom is -0.352 e. The van der Waals surface area contributed by atoms with Gasteiger partial charge >= 0.3 is 6.18 Å². The van der Waals surface area contributed by atoms with E-state index >= 15 is 0 Å². The molecule has 0 aliphatic carbocycles. The third-order valence-corrected chi connectivity index (χ3v) is 4.17. The maximum absolute atomic E-state index is 13.3. The van der Waals surface area contributed by atoms with Crippen LogP contribution in [0, 0.1) is 0 Å². The molecule has 28 heavy (non-hydrogen) atoms. The Hall–Kier alpha value is -3.16. The Morgan fingerprint density at radius 3 is 2.54 bits per heavy atom. The first kappa shape index (κ1) is 19.6. The Labute approximate surface area is 161 Å². The number of para-hydroxylation sites is 1. The molecular formula is C20H20F3N5. The van der Waals surface area contributed by atoms with Gasteiger partial charge in [-0.3, -0.25) is 4.98 Å². The van der Waals surface area contributed by atoms with Gasteiger partial charge in [0.1, 0.15) is 5.82 Å². The quantitative estimate of drug-likeness (QED) is 0.584. The molecule has 0 amide bonds. The van der Waals surface area contributed by atoms with Gasteiger partial charge in [-0.2, -0.15) is 18.2 Å². The number of hydrogen-bond acceptors (Lipinski definition) is 5. The molecule has 2 heterocycles. The van der Waals surface area contributed by atoms with E-state index in [4.69, 9.17) is 0 Å². The van der Waals surface area contributed by atoms with Crippen LogP contribution in [0.5, 0.6) is 0 Å². The molecule has 0 unspecified atom stereocenters. The van der Waals surface area contributed by atoms with Crippen LogP contribution >= 0.6 is 0 Å². The Morgan fingerprint density at radius 2 is 1.86 bits per heavy atom. The fourth-order valence-corrected chi connectivity index (χ4v) is 2.54. The summed E-state index contributed by atoms with van der Waals surface area (Å²) in [4.78, 5) is 12.9. The van der Waals surface area contributed by atoms with E-state index in [-0.39, 0.29) is 17.5 Å². The normalized spacial score (nSPS) is 12.5. The number of nitrogens with one attached hydrogen (secondary N) is 2. The van der Waals surface area contributed by atoms with Gasteiger partial charge in [0.25, 0.3) is 0 Å². The van der Waals surface area contributed by atoms with Crippen LogP contribution in [0.25, 0.3) is 11.3 Å². The van der Waals surface area contributed by atoms with E-state index in [1.54, 1.807) is 30.6 Å². The molecule has 0 saturated heterocycles. The van der Waals surface area contributed by atoms with Crippen molar-refractivity contribution < 1.29 is 13.2 Å². The highest BCUT2D eigenvalue weighted by molar-refractivity contribution is 5.68. The molecule has 146 valence electrons. The second-order valence-electron chi connectivity index (χ2n) is 6.33. The van der Waals surface area contributed by atoms with Crippen molar-refractivity contribution in [2.24, 2.45) is 0 Å². The Balaban J connectivity index is 2.02. The summed E-state index contributed by atoms with van der Waals surface area (Å²) in [5.74, 6) is 0.596. The lowest BCUT2D eigenvalue weighted by Crippen LogP contribution is -2.16. The first-order chi connectivity index (χ1) is 13.4. The highest BCUT2D eigenvalue weighted by Gasteiger charge is 2.33. The first-order valence-corrected chi connectivity index (χ1v) is 8.86. The molecular weight excluding hydrogens is 367 g/mol. The SMILES string of the molecule is CC[C@H](C)Nc1nc(Nc2ccccc2C(F)(F)F)cc(-c2cccnc2)n1. The van der Waals surface area contributed by atoms with Crippen LogP contribution in [0.3, 0.4) is 0 Å². The van der Waals surface area contributed by atoms with Crippen LogP contribution in [-0.4, -0.2) is 21.0 Å². The molecule has 0 radical (unpaired) electrons. The molecule has 1 atom stereocenters. The lowest BCUT2D eigenvalue weighted by molar-refractivity contribution is -0.136. The standard InChI is InChI=1S/C20H20F3N5/c1-3-13(2)25-19-27-17(14-7-6-10-24-12-14)11-18(28-19)26-16-9-5-4-8-15(16)20(21,22)23/h4-13H,3H2,1-2H3,(H2,25,26,27,28)/t13-/m0/s1. The van der Waals surface area contributed by atoms with Crippen molar-refractivity contribution in [3.8, 4) is 11.3 Å². The number of aromatic nitrogens is 3. The number of alkyl halides is 3. The minimum atomic E-state index is -4.47. The highest BCUT2D eigenvalue weighted by atomic mass is 19.4. The Morgan fingerprint density at radius 1 is 1.07 bits per heavy atom. The average Bonchev–Trinajstić information content (AvgIpc) is 2.68. The van der Waals surface area contributed by atoms with Gasteiger partial charge in [-0.25, -0.2) is 4.98 Å². The van der Waals surface area contributed by atoms with Gasteiger partial charge in [-0.05, 0) is 37.6 Å². The van der Waals surface area contributed by atoms with E-state index in [2.05, 4.69) is 25.6 Å². The summed E-state index contributed by atoms with van der Waals surface area (Å²) < 4.78 is 39.9. The lowest BCUT2D eigenvalue weighted by Gasteiger charge is -2.16. The number of hydrogen-bond donors (Lipinski definition) is 2. The van der Waals surface area contributed by atoms with Crippen molar-refractivity contribution in [2.75, 3.05) is 10.6 Å². The zero-order valence-corrected chi connectivity index (χ0v) is 15.5. The van der Waals surface area contributed by atoms with Crippen LogP contribution in [0.4, 0.5) is 30.6 Å². The van der Waals surface area contributed by atoms with E-state index in [1.807, 2.05) is 19.9 Å². The van der Waals surface area contributed by atoms with Gasteiger partial charge in [0.15, 0.2) is 0 Å². The van der Waals surface area contributed by atoms with Crippen LogP contribution < -0.4 is 10.6 Å². The smallest absolute Gasteiger partial charge is 0.352 e. The molecule has 2 aromatic heterocycles. The van der Waals surface area contributed by atoms with Crippen molar-refractivity contribution in [1.82, 2.24) is 15.0 Å². The molecule has 1 aromatic carbocycles. The molecule has 0 fully saturated rings. The molecule has 0 aliphatic rings. The van der Waals surface area contributed by atoms with E-state index in [0.717, 1.165) is 18.1 Å². The zero-order valence-electron chi connectivity index (χ0n) is 15.5. The van der Waals surface area contributed by atoms with Crippen molar-refractivity contribution in [1.29, 1.82) is 0 Å². The fourth-order valence-electron chi connectivity index (χ4n) is 2.54. The molecule has 3 rings (SSSR count). The minimum absolute atomic E-state index is 0.0691. The third kappa shape index (κ3) is 4.76. The molecule has 0 bridgehead atoms. The zero-order chi connectivity index (χ0) is 20.1. The summed E-state index contributed by atoms with van der Waals surface area (Å²) in [5, 5.41) is 5.96. The predicted octanol–water partition coefficient (Wildman–Crippen LogP) is 5.51. The maximum atomic E-state index is 13.3. The molecule has 0 aliphatic heterocycles. The van der Waals surface area contributed by atoms with Gasteiger partial charge < -0.3 is 10.6 Å². The van der Waals surface area contributed by atoms with Crippen LogP contribution in [0.1, 0.15) is 25.8 Å². The van der Waals surface area contributed by atoms with Crippen molar-refractivity contribution >= 4 is 17.5 Å². The number of anilines is 3. The summed E-state index contributed by atoms with van der Waals surface area (Å²) in [6.45, 7) is 3.99. The average molecular weight is 387 g/mol. The number of nitrogens with zero attached hydrogens (tertiary/aromatic N) is 3. The third-order valence-electron chi connectivity index (χ3n) is 4.17. The van der Waals surface area contributed by atoms with E-state index in [0.29, 0.717) is 11.6 Å². The fraction of sp³-hybridized carbons (Fsp3) is 0.250. The van der Waals surface area contributed by atoms with Gasteiger partial charge in [0.05, 0.1) is 16.9 Å². The van der Waals surface area contributed by atoms with Crippen LogP contribution in [0.2, 0.25) is 0 Å². The van der Waals surface area contributed by atoms with Crippen LogP contribution in [0.15, 0.2) is 54.9 Å². The summed E-state index contributed by atoms with van der Waals surface area (Å²) in [6.07, 6.45) is -0.342. The van der Waals surface area contributed by atoms with Gasteiger partial charge in [-0.15, -0.1) is 0 Å². The van der Waals surface area contributed by atoms with Gasteiger partial charge in [0.2, 0.25) is 5.95 Å². The molecule has 0 saturated carbocycles.